The van der Waals surface area contributed by atoms with E-state index in [1.807, 2.05) is 0 Å². The first-order valence-electron chi connectivity index (χ1n) is 4.41. The minimum Gasteiger partial charge on any atom is -0.374 e. The molecular formula is C9H6Br2N4OS. The lowest BCUT2D eigenvalue weighted by atomic mass is 10.2. The molecule has 3 N–H and O–H groups in total. The van der Waals surface area contributed by atoms with E-state index in [2.05, 4.69) is 47.4 Å². The van der Waals surface area contributed by atoms with Gasteiger partial charge in [0.1, 0.15) is 0 Å². The predicted octanol–water partition coefficient (Wildman–Crippen LogP) is 2.90. The highest BCUT2D eigenvalue weighted by molar-refractivity contribution is 9.11. The SMILES string of the molecule is Nc1nnc(NC(=O)c2ccc(Br)cc2Br)s1. The van der Waals surface area contributed by atoms with E-state index >= 15 is 0 Å². The fourth-order valence-electron chi connectivity index (χ4n) is 1.12. The Morgan fingerprint density at radius 1 is 1.35 bits per heavy atom. The third kappa shape index (κ3) is 3.02. The van der Waals surface area contributed by atoms with Crippen molar-refractivity contribution in [3.05, 3.63) is 32.7 Å². The molecule has 2 rings (SSSR count). The van der Waals surface area contributed by atoms with Crippen LogP contribution in [0.5, 0.6) is 0 Å². The molecule has 2 aromatic rings. The molecule has 0 aliphatic heterocycles. The number of hydrogen-bond donors (Lipinski definition) is 2. The summed E-state index contributed by atoms with van der Waals surface area (Å²) >= 11 is 7.75. The van der Waals surface area contributed by atoms with Crippen molar-refractivity contribution >= 4 is 59.4 Å². The van der Waals surface area contributed by atoms with Gasteiger partial charge in [0.2, 0.25) is 10.3 Å². The predicted molar refractivity (Wildman–Crippen MR) is 74.1 cm³/mol. The molecule has 8 heteroatoms. The Bertz CT molecular complexity index is 572. The Labute approximate surface area is 118 Å². The summed E-state index contributed by atoms with van der Waals surface area (Å²) in [4.78, 5) is 11.9. The molecule has 0 radical (unpaired) electrons. The Kier molecular flexibility index (Phi) is 3.75. The number of anilines is 2. The maximum absolute atomic E-state index is 11.9. The zero-order chi connectivity index (χ0) is 12.4. The molecule has 1 aromatic carbocycles. The molecule has 0 fully saturated rings. The standard InChI is InChI=1S/C9H6Br2N4OS/c10-4-1-2-5(6(11)3-4)7(16)13-9-15-14-8(12)17-9/h1-3H,(H2,12,14)(H,13,15,16). The Balaban J connectivity index is 2.20. The van der Waals surface area contributed by atoms with E-state index in [0.717, 1.165) is 15.8 Å². The molecule has 1 heterocycles. The number of nitrogens with zero attached hydrogens (tertiary/aromatic N) is 2. The van der Waals surface area contributed by atoms with E-state index in [9.17, 15) is 4.79 Å². The van der Waals surface area contributed by atoms with Crippen molar-refractivity contribution in [2.75, 3.05) is 11.1 Å². The third-order valence-corrected chi connectivity index (χ3v) is 3.65. The highest BCUT2D eigenvalue weighted by Crippen LogP contribution is 2.24. The molecule has 0 spiro atoms. The van der Waals surface area contributed by atoms with Gasteiger partial charge < -0.3 is 5.73 Å². The van der Waals surface area contributed by atoms with E-state index in [1.165, 1.54) is 0 Å². The van der Waals surface area contributed by atoms with Crippen LogP contribution in [0.4, 0.5) is 10.3 Å². The van der Waals surface area contributed by atoms with Crippen LogP contribution in [0.1, 0.15) is 10.4 Å². The summed E-state index contributed by atoms with van der Waals surface area (Å²) in [7, 11) is 0. The minimum absolute atomic E-state index is 0.263. The average molecular weight is 378 g/mol. The number of nitrogens with one attached hydrogen (secondary N) is 1. The first kappa shape index (κ1) is 12.5. The summed E-state index contributed by atoms with van der Waals surface area (Å²) in [6.45, 7) is 0. The van der Waals surface area contributed by atoms with Crippen molar-refractivity contribution in [2.45, 2.75) is 0 Å². The van der Waals surface area contributed by atoms with E-state index in [-0.39, 0.29) is 5.91 Å². The lowest BCUT2D eigenvalue weighted by Crippen LogP contribution is -2.12. The normalized spacial score (nSPS) is 10.2. The van der Waals surface area contributed by atoms with Crippen molar-refractivity contribution in [1.82, 2.24) is 10.2 Å². The number of halogens is 2. The van der Waals surface area contributed by atoms with Gasteiger partial charge >= 0.3 is 0 Å². The number of rotatable bonds is 2. The first-order chi connectivity index (χ1) is 8.06. The number of aromatic nitrogens is 2. The van der Waals surface area contributed by atoms with Crippen molar-refractivity contribution in [3.63, 3.8) is 0 Å². The summed E-state index contributed by atoms with van der Waals surface area (Å²) in [5.74, 6) is -0.263. The number of amides is 1. The van der Waals surface area contributed by atoms with E-state index < -0.39 is 0 Å². The molecule has 1 aromatic heterocycles. The van der Waals surface area contributed by atoms with Gasteiger partial charge in [0.05, 0.1) is 5.56 Å². The number of benzene rings is 1. The summed E-state index contributed by atoms with van der Waals surface area (Å²) in [5.41, 5.74) is 5.94. The van der Waals surface area contributed by atoms with Crippen molar-refractivity contribution in [1.29, 1.82) is 0 Å². The Morgan fingerprint density at radius 3 is 2.71 bits per heavy atom. The number of carbonyl (C=O) groups is 1. The van der Waals surface area contributed by atoms with Crippen molar-refractivity contribution < 1.29 is 4.79 Å². The van der Waals surface area contributed by atoms with Gasteiger partial charge in [-0.2, -0.15) is 0 Å². The maximum Gasteiger partial charge on any atom is 0.258 e. The third-order valence-electron chi connectivity index (χ3n) is 1.84. The number of nitrogen functional groups attached to an aromatic ring is 1. The van der Waals surface area contributed by atoms with Crippen LogP contribution in [-0.4, -0.2) is 16.1 Å². The van der Waals surface area contributed by atoms with Gasteiger partial charge in [-0.3, -0.25) is 10.1 Å². The van der Waals surface area contributed by atoms with E-state index in [1.54, 1.807) is 18.2 Å². The van der Waals surface area contributed by atoms with Crippen LogP contribution >= 0.6 is 43.2 Å². The number of hydrogen-bond acceptors (Lipinski definition) is 5. The summed E-state index contributed by atoms with van der Waals surface area (Å²) in [5, 5.41) is 10.6. The second-order valence-electron chi connectivity index (χ2n) is 3.02. The largest absolute Gasteiger partial charge is 0.374 e. The fraction of sp³-hybridized carbons (Fsp3) is 0. The zero-order valence-corrected chi connectivity index (χ0v) is 12.3. The smallest absolute Gasteiger partial charge is 0.258 e. The van der Waals surface area contributed by atoms with Gasteiger partial charge in [-0.15, -0.1) is 10.2 Å². The quantitative estimate of drug-likeness (QED) is 0.843. The summed E-state index contributed by atoms with van der Waals surface area (Å²) in [6.07, 6.45) is 0. The van der Waals surface area contributed by atoms with Crippen LogP contribution in [0.25, 0.3) is 0 Å². The highest BCUT2D eigenvalue weighted by Gasteiger charge is 2.12. The van der Waals surface area contributed by atoms with Gasteiger partial charge in [-0.1, -0.05) is 27.3 Å². The molecule has 0 saturated heterocycles. The van der Waals surface area contributed by atoms with Crippen LogP contribution in [-0.2, 0) is 0 Å². The van der Waals surface area contributed by atoms with Crippen molar-refractivity contribution in [2.24, 2.45) is 0 Å². The zero-order valence-electron chi connectivity index (χ0n) is 8.28. The fourth-order valence-corrected chi connectivity index (χ4v) is 2.86. The van der Waals surface area contributed by atoms with Gasteiger partial charge in [0.25, 0.3) is 5.91 Å². The maximum atomic E-state index is 11.9. The van der Waals surface area contributed by atoms with Crippen LogP contribution < -0.4 is 11.1 Å². The lowest BCUT2D eigenvalue weighted by molar-refractivity contribution is 0.102. The highest BCUT2D eigenvalue weighted by atomic mass is 79.9. The second-order valence-corrected chi connectivity index (χ2v) is 5.80. The molecule has 0 saturated carbocycles. The van der Waals surface area contributed by atoms with Crippen LogP contribution in [0.2, 0.25) is 0 Å². The molecule has 0 aliphatic rings. The van der Waals surface area contributed by atoms with Crippen LogP contribution in [0.3, 0.4) is 0 Å². The molecule has 17 heavy (non-hydrogen) atoms. The first-order valence-corrected chi connectivity index (χ1v) is 6.82. The monoisotopic (exact) mass is 376 g/mol. The second kappa shape index (κ2) is 5.11. The Morgan fingerprint density at radius 2 is 2.12 bits per heavy atom. The topological polar surface area (TPSA) is 80.9 Å². The summed E-state index contributed by atoms with van der Waals surface area (Å²) in [6, 6.07) is 5.28. The summed E-state index contributed by atoms with van der Waals surface area (Å²) < 4.78 is 1.59. The van der Waals surface area contributed by atoms with Gasteiger partial charge in [0.15, 0.2) is 0 Å². The minimum atomic E-state index is -0.263. The van der Waals surface area contributed by atoms with Gasteiger partial charge in [-0.25, -0.2) is 0 Å². The molecule has 1 amide bonds. The number of carbonyl (C=O) groups excluding carboxylic acids is 1. The number of nitrogens with two attached hydrogens (primary N) is 1. The average Bonchev–Trinajstić information content (AvgIpc) is 2.63. The molecule has 5 nitrogen and oxygen atoms in total. The van der Waals surface area contributed by atoms with Crippen LogP contribution in [0.15, 0.2) is 27.1 Å². The molecule has 0 unspecified atom stereocenters. The van der Waals surface area contributed by atoms with E-state index in [4.69, 9.17) is 5.73 Å². The van der Waals surface area contributed by atoms with Crippen molar-refractivity contribution in [3.8, 4) is 0 Å². The molecular weight excluding hydrogens is 372 g/mol. The lowest BCUT2D eigenvalue weighted by Gasteiger charge is -2.03. The van der Waals surface area contributed by atoms with Crippen LogP contribution in [0, 0.1) is 0 Å². The molecule has 0 aliphatic carbocycles. The van der Waals surface area contributed by atoms with Gasteiger partial charge in [-0.05, 0) is 34.1 Å². The Hall–Kier alpha value is -0.990. The molecule has 0 atom stereocenters. The molecule has 88 valence electrons. The van der Waals surface area contributed by atoms with E-state index in [0.29, 0.717) is 20.3 Å². The van der Waals surface area contributed by atoms with Gasteiger partial charge in [0, 0.05) is 8.95 Å². The molecule has 0 bridgehead atoms.